The van der Waals surface area contributed by atoms with Crippen molar-refractivity contribution in [3.05, 3.63) is 46.0 Å². The molecule has 1 aliphatic heterocycles. The summed E-state index contributed by atoms with van der Waals surface area (Å²) < 4.78 is 5.17. The predicted molar refractivity (Wildman–Crippen MR) is 77.0 cm³/mol. The molecule has 6 heteroatoms. The van der Waals surface area contributed by atoms with Gasteiger partial charge in [0.2, 0.25) is 5.75 Å². The maximum absolute atomic E-state index is 11.8. The number of aromatic nitrogens is 2. The summed E-state index contributed by atoms with van der Waals surface area (Å²) in [6, 6.07) is 5.95. The predicted octanol–water partition coefficient (Wildman–Crippen LogP) is 0.923. The molecule has 0 saturated heterocycles. The molecule has 1 aromatic carbocycles. The van der Waals surface area contributed by atoms with E-state index in [0.717, 1.165) is 24.2 Å². The number of H-pyrrole nitrogens is 1. The number of aromatic amines is 1. The van der Waals surface area contributed by atoms with Crippen LogP contribution in [-0.2, 0) is 13.0 Å². The molecule has 104 valence electrons. The third kappa shape index (κ3) is 1.99. The summed E-state index contributed by atoms with van der Waals surface area (Å²) in [6.45, 7) is 1.41. The number of fused-ring (bicyclic) bond motifs is 1. The molecule has 20 heavy (non-hydrogen) atoms. The second-order valence-corrected chi connectivity index (χ2v) is 4.74. The summed E-state index contributed by atoms with van der Waals surface area (Å²) in [5, 5.41) is 0. The summed E-state index contributed by atoms with van der Waals surface area (Å²) in [7, 11) is 1.47. The number of nitrogens with two attached hydrogens (primary N) is 1. The Balaban J connectivity index is 2.01. The first-order valence-corrected chi connectivity index (χ1v) is 6.43. The fourth-order valence-electron chi connectivity index (χ4n) is 2.57. The number of nitrogen functional groups attached to an aromatic ring is 1. The highest BCUT2D eigenvalue weighted by Crippen LogP contribution is 2.29. The van der Waals surface area contributed by atoms with Crippen LogP contribution in [0.25, 0.3) is 0 Å². The molecular formula is C14H16N4O2. The molecule has 3 N–H and O–H groups in total. The molecular weight excluding hydrogens is 256 g/mol. The largest absolute Gasteiger partial charge is 0.489 e. The van der Waals surface area contributed by atoms with Crippen molar-refractivity contribution in [3.63, 3.8) is 0 Å². The standard InChI is InChI=1S/C14H16N4O2/c1-20-12-13(16-8-17-14(12)19)18-6-5-9-3-2-4-11(15)10(9)7-18/h2-4,8H,5-7,15H2,1H3,(H,16,17,19). The SMILES string of the molecule is COc1c(N2CCc3cccc(N)c3C2)nc[nH]c1=O. The second kappa shape index (κ2) is 4.88. The number of rotatable bonds is 2. The van der Waals surface area contributed by atoms with Crippen LogP contribution < -0.4 is 20.9 Å². The number of hydrogen-bond acceptors (Lipinski definition) is 5. The van der Waals surface area contributed by atoms with Crippen LogP contribution in [0, 0.1) is 0 Å². The molecule has 0 amide bonds. The van der Waals surface area contributed by atoms with Crippen LogP contribution in [0.3, 0.4) is 0 Å². The minimum atomic E-state index is -0.274. The van der Waals surface area contributed by atoms with Gasteiger partial charge in [0.1, 0.15) is 0 Å². The number of benzene rings is 1. The zero-order chi connectivity index (χ0) is 14.1. The molecule has 0 spiro atoms. The Morgan fingerprint density at radius 3 is 3.10 bits per heavy atom. The summed E-state index contributed by atoms with van der Waals surface area (Å²) in [4.78, 5) is 20.5. The Hall–Kier alpha value is -2.50. The highest BCUT2D eigenvalue weighted by molar-refractivity contribution is 5.58. The molecule has 0 atom stereocenters. The number of nitrogens with one attached hydrogen (secondary N) is 1. The van der Waals surface area contributed by atoms with Gasteiger partial charge in [-0.1, -0.05) is 12.1 Å². The summed E-state index contributed by atoms with van der Waals surface area (Å²) >= 11 is 0. The van der Waals surface area contributed by atoms with Crippen LogP contribution in [0.4, 0.5) is 11.5 Å². The van der Waals surface area contributed by atoms with Crippen LogP contribution in [0.5, 0.6) is 5.75 Å². The lowest BCUT2D eigenvalue weighted by Crippen LogP contribution is -2.33. The van der Waals surface area contributed by atoms with Crippen molar-refractivity contribution in [3.8, 4) is 5.75 Å². The first-order chi connectivity index (χ1) is 9.70. The molecule has 3 rings (SSSR count). The number of anilines is 2. The van der Waals surface area contributed by atoms with Gasteiger partial charge in [-0.2, -0.15) is 0 Å². The quantitative estimate of drug-likeness (QED) is 0.794. The normalized spacial score (nSPS) is 13.9. The van der Waals surface area contributed by atoms with E-state index in [1.54, 1.807) is 0 Å². The van der Waals surface area contributed by atoms with E-state index in [0.29, 0.717) is 12.4 Å². The molecule has 1 aromatic heterocycles. The number of ether oxygens (including phenoxy) is 1. The third-order valence-corrected chi connectivity index (χ3v) is 3.60. The van der Waals surface area contributed by atoms with Gasteiger partial charge < -0.3 is 20.4 Å². The van der Waals surface area contributed by atoms with Crippen LogP contribution >= 0.6 is 0 Å². The van der Waals surface area contributed by atoms with E-state index >= 15 is 0 Å². The maximum atomic E-state index is 11.8. The molecule has 0 radical (unpaired) electrons. The van der Waals surface area contributed by atoms with Gasteiger partial charge in [-0.05, 0) is 23.6 Å². The summed E-state index contributed by atoms with van der Waals surface area (Å²) in [5.74, 6) is 0.801. The van der Waals surface area contributed by atoms with Gasteiger partial charge in [-0.15, -0.1) is 0 Å². The van der Waals surface area contributed by atoms with Gasteiger partial charge in [-0.25, -0.2) is 4.98 Å². The van der Waals surface area contributed by atoms with E-state index in [-0.39, 0.29) is 11.3 Å². The molecule has 2 aromatic rings. The van der Waals surface area contributed by atoms with Gasteiger partial charge >= 0.3 is 0 Å². The van der Waals surface area contributed by atoms with E-state index in [2.05, 4.69) is 16.0 Å². The van der Waals surface area contributed by atoms with Crippen LogP contribution in [0.15, 0.2) is 29.3 Å². The molecule has 0 aliphatic carbocycles. The van der Waals surface area contributed by atoms with E-state index < -0.39 is 0 Å². The molecule has 0 saturated carbocycles. The second-order valence-electron chi connectivity index (χ2n) is 4.74. The Morgan fingerprint density at radius 1 is 1.45 bits per heavy atom. The lowest BCUT2D eigenvalue weighted by molar-refractivity contribution is 0.405. The fourth-order valence-corrected chi connectivity index (χ4v) is 2.57. The molecule has 1 aliphatic rings. The molecule has 0 fully saturated rings. The van der Waals surface area contributed by atoms with Gasteiger partial charge in [0.05, 0.1) is 13.4 Å². The molecule has 6 nitrogen and oxygen atoms in total. The van der Waals surface area contributed by atoms with Gasteiger partial charge in [0.15, 0.2) is 5.82 Å². The van der Waals surface area contributed by atoms with Gasteiger partial charge in [0, 0.05) is 18.8 Å². The first kappa shape index (κ1) is 12.5. The van der Waals surface area contributed by atoms with Crippen LogP contribution in [-0.4, -0.2) is 23.6 Å². The average Bonchev–Trinajstić information content (AvgIpc) is 2.47. The van der Waals surface area contributed by atoms with Crippen molar-refractivity contribution in [1.82, 2.24) is 9.97 Å². The Kier molecular flexibility index (Phi) is 3.06. The fraction of sp³-hybridized carbons (Fsp3) is 0.286. The minimum absolute atomic E-state index is 0.241. The summed E-state index contributed by atoms with van der Waals surface area (Å²) in [5.41, 5.74) is 8.89. The topological polar surface area (TPSA) is 84.2 Å². The monoisotopic (exact) mass is 272 g/mol. The van der Waals surface area contributed by atoms with Gasteiger partial charge in [0.25, 0.3) is 5.56 Å². The van der Waals surface area contributed by atoms with Crippen molar-refractivity contribution < 1.29 is 4.74 Å². The molecule has 0 unspecified atom stereocenters. The highest BCUT2D eigenvalue weighted by atomic mass is 16.5. The van der Waals surface area contributed by atoms with Crippen molar-refractivity contribution in [2.24, 2.45) is 0 Å². The number of nitrogens with zero attached hydrogens (tertiary/aromatic N) is 2. The Bertz CT molecular complexity index is 696. The average molecular weight is 272 g/mol. The molecule has 0 bridgehead atoms. The van der Waals surface area contributed by atoms with Crippen molar-refractivity contribution in [2.75, 3.05) is 24.3 Å². The van der Waals surface area contributed by atoms with Gasteiger partial charge in [-0.3, -0.25) is 4.79 Å². The van der Waals surface area contributed by atoms with E-state index in [1.165, 1.54) is 19.0 Å². The zero-order valence-corrected chi connectivity index (χ0v) is 11.2. The number of hydrogen-bond donors (Lipinski definition) is 2. The molecule has 2 heterocycles. The lowest BCUT2D eigenvalue weighted by atomic mass is 9.98. The van der Waals surface area contributed by atoms with Crippen LogP contribution in [0.2, 0.25) is 0 Å². The third-order valence-electron chi connectivity index (χ3n) is 3.60. The van der Waals surface area contributed by atoms with E-state index in [1.807, 2.05) is 17.0 Å². The minimum Gasteiger partial charge on any atom is -0.489 e. The van der Waals surface area contributed by atoms with Crippen LogP contribution in [0.1, 0.15) is 11.1 Å². The Labute approximate surface area is 116 Å². The highest BCUT2D eigenvalue weighted by Gasteiger charge is 2.22. The van der Waals surface area contributed by atoms with Crippen molar-refractivity contribution in [1.29, 1.82) is 0 Å². The van der Waals surface area contributed by atoms with Crippen molar-refractivity contribution in [2.45, 2.75) is 13.0 Å². The lowest BCUT2D eigenvalue weighted by Gasteiger charge is -2.31. The van der Waals surface area contributed by atoms with Crippen molar-refractivity contribution >= 4 is 11.5 Å². The van der Waals surface area contributed by atoms with E-state index in [9.17, 15) is 4.79 Å². The Morgan fingerprint density at radius 2 is 2.30 bits per heavy atom. The summed E-state index contributed by atoms with van der Waals surface area (Å²) in [6.07, 6.45) is 2.27. The zero-order valence-electron chi connectivity index (χ0n) is 11.2. The number of methoxy groups -OCH3 is 1. The smallest absolute Gasteiger partial charge is 0.295 e. The maximum Gasteiger partial charge on any atom is 0.295 e. The first-order valence-electron chi connectivity index (χ1n) is 6.43. The van der Waals surface area contributed by atoms with E-state index in [4.69, 9.17) is 10.5 Å².